The molecule has 21 heavy (non-hydrogen) atoms. The molecule has 0 spiro atoms. The van der Waals surface area contributed by atoms with Gasteiger partial charge in [0.1, 0.15) is 5.75 Å². The highest BCUT2D eigenvalue weighted by molar-refractivity contribution is 6.14. The van der Waals surface area contributed by atoms with Gasteiger partial charge in [-0.15, -0.1) is 0 Å². The number of ether oxygens (including phenoxy) is 1. The first kappa shape index (κ1) is 11.9. The maximum absolute atomic E-state index is 10.7. The smallest absolute Gasteiger partial charge is 0.298 e. The van der Waals surface area contributed by atoms with E-state index in [0.29, 0.717) is 12.2 Å². The van der Waals surface area contributed by atoms with Crippen molar-refractivity contribution in [3.8, 4) is 5.75 Å². The third-order valence-electron chi connectivity index (χ3n) is 3.86. The SMILES string of the molecule is O=COc1cccc2ccc3cc4ccccc4cc3c12. The van der Waals surface area contributed by atoms with Crippen molar-refractivity contribution in [3.63, 3.8) is 0 Å². The first-order chi connectivity index (χ1) is 10.4. The number of rotatable bonds is 2. The van der Waals surface area contributed by atoms with Crippen LogP contribution in [0.25, 0.3) is 32.3 Å². The summed E-state index contributed by atoms with van der Waals surface area (Å²) in [5.74, 6) is 0.600. The van der Waals surface area contributed by atoms with Crippen LogP contribution in [0.15, 0.2) is 66.7 Å². The zero-order valence-electron chi connectivity index (χ0n) is 11.2. The van der Waals surface area contributed by atoms with E-state index in [1.165, 1.54) is 10.8 Å². The maximum atomic E-state index is 10.7. The second kappa shape index (κ2) is 4.60. The summed E-state index contributed by atoms with van der Waals surface area (Å²) in [6, 6.07) is 22.5. The van der Waals surface area contributed by atoms with Gasteiger partial charge in [-0.2, -0.15) is 0 Å². The van der Waals surface area contributed by atoms with E-state index in [0.717, 1.165) is 21.5 Å². The van der Waals surface area contributed by atoms with Crippen molar-refractivity contribution in [2.75, 3.05) is 0 Å². The molecule has 0 aliphatic rings. The van der Waals surface area contributed by atoms with Crippen molar-refractivity contribution in [2.24, 2.45) is 0 Å². The molecule has 4 aromatic rings. The van der Waals surface area contributed by atoms with Crippen LogP contribution in [-0.4, -0.2) is 6.47 Å². The molecule has 0 aromatic heterocycles. The zero-order chi connectivity index (χ0) is 14.2. The summed E-state index contributed by atoms with van der Waals surface area (Å²) >= 11 is 0. The number of hydrogen-bond donors (Lipinski definition) is 0. The molecule has 0 fully saturated rings. The van der Waals surface area contributed by atoms with Gasteiger partial charge >= 0.3 is 0 Å². The molecule has 0 unspecified atom stereocenters. The Balaban J connectivity index is 2.20. The average Bonchev–Trinajstić information content (AvgIpc) is 2.53. The van der Waals surface area contributed by atoms with Gasteiger partial charge in [0.2, 0.25) is 0 Å². The molecule has 0 aliphatic heterocycles. The lowest BCUT2D eigenvalue weighted by molar-refractivity contribution is -0.120. The predicted molar refractivity (Wildman–Crippen MR) is 85.7 cm³/mol. The average molecular weight is 272 g/mol. The lowest BCUT2D eigenvalue weighted by Gasteiger charge is -2.09. The van der Waals surface area contributed by atoms with Gasteiger partial charge in [0.25, 0.3) is 6.47 Å². The number of carbonyl (C=O) groups is 1. The second-order valence-electron chi connectivity index (χ2n) is 5.05. The number of hydrogen-bond acceptors (Lipinski definition) is 2. The highest BCUT2D eigenvalue weighted by Gasteiger charge is 2.08. The van der Waals surface area contributed by atoms with Crippen LogP contribution in [-0.2, 0) is 4.79 Å². The first-order valence-electron chi connectivity index (χ1n) is 6.81. The Morgan fingerprint density at radius 2 is 1.43 bits per heavy atom. The molecule has 0 radical (unpaired) electrons. The van der Waals surface area contributed by atoms with E-state index in [-0.39, 0.29) is 0 Å². The summed E-state index contributed by atoms with van der Waals surface area (Å²) in [6.07, 6.45) is 0. The van der Waals surface area contributed by atoms with Crippen LogP contribution in [0.5, 0.6) is 5.75 Å². The molecule has 0 atom stereocenters. The second-order valence-corrected chi connectivity index (χ2v) is 5.05. The fourth-order valence-corrected chi connectivity index (χ4v) is 2.92. The van der Waals surface area contributed by atoms with Gasteiger partial charge in [-0.05, 0) is 45.1 Å². The molecule has 0 aliphatic carbocycles. The molecule has 0 amide bonds. The number of benzene rings is 4. The zero-order valence-corrected chi connectivity index (χ0v) is 11.2. The van der Waals surface area contributed by atoms with Crippen LogP contribution >= 0.6 is 0 Å². The Hall–Kier alpha value is -2.87. The quantitative estimate of drug-likeness (QED) is 0.301. The van der Waals surface area contributed by atoms with E-state index in [9.17, 15) is 4.79 Å². The Morgan fingerprint density at radius 1 is 0.714 bits per heavy atom. The molecule has 2 nitrogen and oxygen atoms in total. The van der Waals surface area contributed by atoms with Crippen LogP contribution in [0.4, 0.5) is 0 Å². The number of fused-ring (bicyclic) bond motifs is 4. The van der Waals surface area contributed by atoms with Gasteiger partial charge in [0.15, 0.2) is 0 Å². The van der Waals surface area contributed by atoms with Gasteiger partial charge in [-0.25, -0.2) is 0 Å². The summed E-state index contributed by atoms with van der Waals surface area (Å²) in [6.45, 7) is 0.481. The van der Waals surface area contributed by atoms with Crippen molar-refractivity contribution < 1.29 is 9.53 Å². The summed E-state index contributed by atoms with van der Waals surface area (Å²) in [4.78, 5) is 10.7. The van der Waals surface area contributed by atoms with Crippen LogP contribution < -0.4 is 4.74 Å². The van der Waals surface area contributed by atoms with Gasteiger partial charge in [-0.3, -0.25) is 4.79 Å². The van der Waals surface area contributed by atoms with Crippen molar-refractivity contribution in [2.45, 2.75) is 0 Å². The molecule has 0 N–H and O–H groups in total. The van der Waals surface area contributed by atoms with Gasteiger partial charge in [0, 0.05) is 5.39 Å². The molecule has 100 valence electrons. The lowest BCUT2D eigenvalue weighted by atomic mass is 9.98. The van der Waals surface area contributed by atoms with E-state index >= 15 is 0 Å². The normalized spacial score (nSPS) is 11.0. The Bertz CT molecular complexity index is 986. The third-order valence-corrected chi connectivity index (χ3v) is 3.86. The summed E-state index contributed by atoms with van der Waals surface area (Å²) in [7, 11) is 0. The molecule has 4 aromatic carbocycles. The van der Waals surface area contributed by atoms with Gasteiger partial charge in [-0.1, -0.05) is 48.5 Å². The Labute approximate surface area is 121 Å². The lowest BCUT2D eigenvalue weighted by Crippen LogP contribution is -1.90. The Morgan fingerprint density at radius 3 is 2.24 bits per heavy atom. The minimum atomic E-state index is 0.481. The van der Waals surface area contributed by atoms with Crippen molar-refractivity contribution in [1.29, 1.82) is 0 Å². The molecule has 0 saturated heterocycles. The summed E-state index contributed by atoms with van der Waals surface area (Å²) < 4.78 is 5.16. The Kier molecular flexibility index (Phi) is 2.61. The van der Waals surface area contributed by atoms with E-state index in [1.54, 1.807) is 0 Å². The van der Waals surface area contributed by atoms with Crippen LogP contribution in [0, 0.1) is 0 Å². The van der Waals surface area contributed by atoms with Crippen LogP contribution in [0.2, 0.25) is 0 Å². The fourth-order valence-electron chi connectivity index (χ4n) is 2.92. The van der Waals surface area contributed by atoms with Crippen molar-refractivity contribution in [3.05, 3.63) is 66.7 Å². The predicted octanol–water partition coefficient (Wildman–Crippen LogP) is 4.68. The first-order valence-corrected chi connectivity index (χ1v) is 6.81. The van der Waals surface area contributed by atoms with E-state index < -0.39 is 0 Å². The maximum Gasteiger partial charge on any atom is 0.298 e. The van der Waals surface area contributed by atoms with E-state index in [2.05, 4.69) is 36.4 Å². The molecule has 0 heterocycles. The van der Waals surface area contributed by atoms with E-state index in [1.807, 2.05) is 30.3 Å². The minimum Gasteiger partial charge on any atom is -0.428 e. The summed E-state index contributed by atoms with van der Waals surface area (Å²) in [5.41, 5.74) is 0. The molecule has 2 heteroatoms. The third kappa shape index (κ3) is 1.84. The summed E-state index contributed by atoms with van der Waals surface area (Å²) in [5, 5.41) is 6.67. The molecule has 4 rings (SSSR count). The van der Waals surface area contributed by atoms with Gasteiger partial charge < -0.3 is 4.74 Å². The highest BCUT2D eigenvalue weighted by Crippen LogP contribution is 2.34. The molecular formula is C19H12O2. The topological polar surface area (TPSA) is 26.3 Å². The van der Waals surface area contributed by atoms with E-state index in [4.69, 9.17) is 4.74 Å². The molecular weight excluding hydrogens is 260 g/mol. The van der Waals surface area contributed by atoms with Gasteiger partial charge in [0.05, 0.1) is 0 Å². The standard InChI is InChI=1S/C19H12O2/c20-12-21-18-7-3-6-13-8-9-16-10-14-4-1-2-5-15(14)11-17(16)19(13)18/h1-12H. The van der Waals surface area contributed by atoms with Crippen molar-refractivity contribution in [1.82, 2.24) is 0 Å². The largest absolute Gasteiger partial charge is 0.428 e. The van der Waals surface area contributed by atoms with Crippen LogP contribution in [0.3, 0.4) is 0 Å². The molecule has 0 saturated carbocycles. The fraction of sp³-hybridized carbons (Fsp3) is 0. The number of carbonyl (C=O) groups excluding carboxylic acids is 1. The van der Waals surface area contributed by atoms with Crippen molar-refractivity contribution >= 4 is 38.8 Å². The highest BCUT2D eigenvalue weighted by atomic mass is 16.5. The monoisotopic (exact) mass is 272 g/mol. The molecule has 0 bridgehead atoms. The minimum absolute atomic E-state index is 0.481. The van der Waals surface area contributed by atoms with Crippen LogP contribution in [0.1, 0.15) is 0 Å².